The molecule has 7 nitrogen and oxygen atoms in total. The number of rotatable bonds is 4. The Balaban J connectivity index is 1.77. The van der Waals surface area contributed by atoms with Crippen molar-refractivity contribution in [3.8, 4) is 6.07 Å². The summed E-state index contributed by atoms with van der Waals surface area (Å²) in [5, 5.41) is 19.2. The lowest BCUT2D eigenvalue weighted by Crippen LogP contribution is -2.72. The first-order valence-electron chi connectivity index (χ1n) is 9.85. The van der Waals surface area contributed by atoms with Crippen LogP contribution in [0.15, 0.2) is 17.1 Å². The Morgan fingerprint density at radius 2 is 2.07 bits per heavy atom. The molecule has 0 amide bonds. The van der Waals surface area contributed by atoms with Crippen molar-refractivity contribution in [2.45, 2.75) is 37.3 Å². The minimum Gasteiger partial charge on any atom is -0.477 e. The Bertz CT molecular complexity index is 1210. The fraction of sp³-hybridized carbons (Fsp3) is 0.476. The number of aromatic carboxylic acids is 1. The van der Waals surface area contributed by atoms with Crippen LogP contribution in [0.5, 0.6) is 0 Å². The molecular formula is C21H20F2N4O3. The van der Waals surface area contributed by atoms with Gasteiger partial charge in [0.2, 0.25) is 5.43 Å². The summed E-state index contributed by atoms with van der Waals surface area (Å²) in [6, 6.07) is 2.98. The standard InChI is InChI=1S/C21H20F2N4O3/c22-8-20-6-21(25,7-20)10-26(9-20)17-13(4-24)16-12(3-15(17)23)18(28)14(19(29)30)5-27(16)11-1-2-11/h3,5,11H,1-2,6-10,25H2,(H,29,30). The van der Waals surface area contributed by atoms with Crippen LogP contribution in [0.1, 0.15) is 47.6 Å². The van der Waals surface area contributed by atoms with Crippen LogP contribution >= 0.6 is 0 Å². The summed E-state index contributed by atoms with van der Waals surface area (Å²) >= 11 is 0. The summed E-state index contributed by atoms with van der Waals surface area (Å²) in [5.41, 5.74) is 3.95. The normalized spacial score (nSPS) is 27.6. The van der Waals surface area contributed by atoms with Gasteiger partial charge in [-0.3, -0.25) is 9.18 Å². The molecule has 2 saturated carbocycles. The topological polar surface area (TPSA) is 112 Å². The number of carbonyl (C=O) groups is 1. The van der Waals surface area contributed by atoms with Crippen LogP contribution in [0.3, 0.4) is 0 Å². The number of hydrogen-bond acceptors (Lipinski definition) is 5. The molecular weight excluding hydrogens is 394 g/mol. The number of nitrogens with two attached hydrogens (primary N) is 1. The Kier molecular flexibility index (Phi) is 3.81. The third-order valence-corrected chi connectivity index (χ3v) is 6.61. The number of benzene rings is 1. The van der Waals surface area contributed by atoms with Gasteiger partial charge in [-0.25, -0.2) is 9.18 Å². The lowest BCUT2D eigenvalue weighted by molar-refractivity contribution is -0.0147. The van der Waals surface area contributed by atoms with E-state index < -0.39 is 40.4 Å². The first-order valence-corrected chi connectivity index (χ1v) is 9.85. The van der Waals surface area contributed by atoms with Crippen molar-refractivity contribution in [1.29, 1.82) is 5.26 Å². The van der Waals surface area contributed by atoms with Gasteiger partial charge in [-0.1, -0.05) is 0 Å². The maximum absolute atomic E-state index is 15.3. The third-order valence-electron chi connectivity index (χ3n) is 6.61. The third kappa shape index (κ3) is 2.56. The second kappa shape index (κ2) is 6.01. The minimum absolute atomic E-state index is 0.00826. The lowest BCUT2D eigenvalue weighted by atomic mass is 9.55. The highest BCUT2D eigenvalue weighted by molar-refractivity contribution is 5.96. The zero-order valence-electron chi connectivity index (χ0n) is 16.1. The quantitative estimate of drug-likeness (QED) is 0.794. The van der Waals surface area contributed by atoms with Crippen LogP contribution in [0.4, 0.5) is 14.5 Å². The number of nitriles is 1. The molecule has 2 aliphatic heterocycles. The van der Waals surface area contributed by atoms with E-state index in [4.69, 9.17) is 5.73 Å². The Morgan fingerprint density at radius 3 is 2.63 bits per heavy atom. The Labute approximate surface area is 170 Å². The molecule has 0 unspecified atom stereocenters. The van der Waals surface area contributed by atoms with Gasteiger partial charge in [0.1, 0.15) is 23.0 Å². The van der Waals surface area contributed by atoms with Crippen LogP contribution in [-0.4, -0.2) is 40.9 Å². The van der Waals surface area contributed by atoms with E-state index in [2.05, 4.69) is 0 Å². The highest BCUT2D eigenvalue weighted by Crippen LogP contribution is 2.53. The van der Waals surface area contributed by atoms with Crippen molar-refractivity contribution in [2.24, 2.45) is 11.1 Å². The van der Waals surface area contributed by atoms with E-state index in [1.807, 2.05) is 6.07 Å². The lowest BCUT2D eigenvalue weighted by Gasteiger charge is -2.61. The summed E-state index contributed by atoms with van der Waals surface area (Å²) in [4.78, 5) is 25.9. The van der Waals surface area contributed by atoms with E-state index in [0.717, 1.165) is 18.9 Å². The van der Waals surface area contributed by atoms with Gasteiger partial charge < -0.3 is 20.3 Å². The van der Waals surface area contributed by atoms with Crippen LogP contribution in [0.25, 0.3) is 10.9 Å². The number of hydrogen-bond donors (Lipinski definition) is 2. The molecule has 2 aromatic rings. The van der Waals surface area contributed by atoms with Crippen molar-refractivity contribution >= 4 is 22.6 Å². The smallest absolute Gasteiger partial charge is 0.341 e. The van der Waals surface area contributed by atoms with E-state index in [9.17, 15) is 24.3 Å². The van der Waals surface area contributed by atoms with Gasteiger partial charge in [0.05, 0.1) is 23.3 Å². The number of aromatic nitrogens is 1. The number of pyridine rings is 1. The van der Waals surface area contributed by atoms with Crippen molar-refractivity contribution in [2.75, 3.05) is 24.7 Å². The van der Waals surface area contributed by atoms with Crippen LogP contribution in [-0.2, 0) is 0 Å². The summed E-state index contributed by atoms with van der Waals surface area (Å²) < 4.78 is 30.6. The fourth-order valence-corrected chi connectivity index (χ4v) is 5.49. The maximum Gasteiger partial charge on any atom is 0.341 e. The molecule has 1 aromatic heterocycles. The fourth-order valence-electron chi connectivity index (χ4n) is 5.49. The van der Waals surface area contributed by atoms with Gasteiger partial charge in [-0.05, 0) is 31.7 Å². The zero-order chi connectivity index (χ0) is 21.4. The minimum atomic E-state index is -1.40. The van der Waals surface area contributed by atoms with E-state index in [1.165, 1.54) is 6.20 Å². The van der Waals surface area contributed by atoms with Gasteiger partial charge >= 0.3 is 5.97 Å². The number of piperidine rings is 2. The van der Waals surface area contributed by atoms with E-state index >= 15 is 4.39 Å². The van der Waals surface area contributed by atoms with Crippen molar-refractivity contribution in [3.63, 3.8) is 0 Å². The number of nitrogens with zero attached hydrogens (tertiary/aromatic N) is 3. The largest absolute Gasteiger partial charge is 0.477 e. The molecule has 6 rings (SSSR count). The van der Waals surface area contributed by atoms with Crippen LogP contribution in [0.2, 0.25) is 0 Å². The van der Waals surface area contributed by atoms with Crippen molar-refractivity contribution < 1.29 is 18.7 Å². The van der Waals surface area contributed by atoms with Crippen LogP contribution in [0, 0.1) is 22.6 Å². The van der Waals surface area contributed by atoms with Crippen LogP contribution < -0.4 is 16.1 Å². The molecule has 2 saturated heterocycles. The molecule has 3 heterocycles. The second-order valence-electron chi connectivity index (χ2n) is 9.11. The molecule has 0 radical (unpaired) electrons. The molecule has 3 N–H and O–H groups in total. The Morgan fingerprint density at radius 1 is 1.37 bits per heavy atom. The predicted octanol–water partition coefficient (Wildman–Crippen LogP) is 2.31. The molecule has 0 spiro atoms. The van der Waals surface area contributed by atoms with E-state index in [0.29, 0.717) is 12.8 Å². The number of fused-ring (bicyclic) bond motifs is 3. The number of alkyl halides is 1. The predicted molar refractivity (Wildman–Crippen MR) is 105 cm³/mol. The number of anilines is 1. The van der Waals surface area contributed by atoms with Crippen molar-refractivity contribution in [1.82, 2.24) is 4.57 Å². The molecule has 0 atom stereocenters. The van der Waals surface area contributed by atoms with E-state index in [-0.39, 0.29) is 41.3 Å². The molecule has 30 heavy (non-hydrogen) atoms. The molecule has 1 aromatic carbocycles. The highest BCUT2D eigenvalue weighted by Gasteiger charge is 2.58. The monoisotopic (exact) mass is 414 g/mol. The molecule has 4 aliphatic rings. The van der Waals surface area contributed by atoms with Gasteiger partial charge in [0.15, 0.2) is 0 Å². The van der Waals surface area contributed by atoms with Gasteiger partial charge in [-0.2, -0.15) is 5.26 Å². The SMILES string of the molecule is N#Cc1c(N2CC3(N)CC(CF)(C2)C3)c(F)cc2c(=O)c(C(=O)O)cn(C3CC3)c12. The number of halogens is 2. The summed E-state index contributed by atoms with van der Waals surface area (Å²) in [6.07, 6.45) is 3.82. The molecule has 156 valence electrons. The first-order chi connectivity index (χ1) is 14.2. The second-order valence-corrected chi connectivity index (χ2v) is 9.11. The summed E-state index contributed by atoms with van der Waals surface area (Å²) in [5.74, 6) is -2.20. The summed E-state index contributed by atoms with van der Waals surface area (Å²) in [7, 11) is 0. The molecule has 2 aliphatic carbocycles. The molecule has 9 heteroatoms. The average Bonchev–Trinajstić information content (AvgIpc) is 3.51. The first kappa shape index (κ1) is 19.0. The highest BCUT2D eigenvalue weighted by atomic mass is 19.1. The number of carboxylic acid groups (broad SMARTS) is 1. The van der Waals surface area contributed by atoms with E-state index in [1.54, 1.807) is 9.47 Å². The summed E-state index contributed by atoms with van der Waals surface area (Å²) in [6.45, 7) is -0.0541. The molecule has 4 fully saturated rings. The molecule has 2 bridgehead atoms. The van der Waals surface area contributed by atoms with Crippen molar-refractivity contribution in [3.05, 3.63) is 39.4 Å². The zero-order valence-corrected chi connectivity index (χ0v) is 16.1. The van der Waals surface area contributed by atoms with Gasteiger partial charge in [0, 0.05) is 36.3 Å². The Hall–Kier alpha value is -2.99. The average molecular weight is 414 g/mol. The number of carboxylic acids is 1. The maximum atomic E-state index is 15.3. The van der Waals surface area contributed by atoms with Gasteiger partial charge in [-0.15, -0.1) is 0 Å². The van der Waals surface area contributed by atoms with Gasteiger partial charge in [0.25, 0.3) is 0 Å².